The Hall–Kier alpha value is -0.720. The first kappa shape index (κ1) is 16.6. The van der Waals surface area contributed by atoms with Crippen molar-refractivity contribution in [3.05, 3.63) is 24.3 Å². The number of sulfonamides is 1. The summed E-state index contributed by atoms with van der Waals surface area (Å²) in [5.41, 5.74) is 6.34. The van der Waals surface area contributed by atoms with Gasteiger partial charge in [0.15, 0.2) is 0 Å². The average Bonchev–Trinajstić information content (AvgIpc) is 2.85. The van der Waals surface area contributed by atoms with E-state index in [1.807, 2.05) is 24.3 Å². The Balaban J connectivity index is 1.70. The van der Waals surface area contributed by atoms with Crippen molar-refractivity contribution in [2.45, 2.75) is 31.1 Å². The second kappa shape index (κ2) is 7.51. The Morgan fingerprint density at radius 1 is 1.29 bits per heavy atom. The molecule has 0 aliphatic heterocycles. The largest absolute Gasteiger partial charge is 0.399 e. The lowest BCUT2D eigenvalue weighted by atomic mass is 10.1. The molecule has 0 bridgehead atoms. The molecule has 0 spiro atoms. The molecule has 1 fully saturated rings. The first-order chi connectivity index (χ1) is 9.94. The molecule has 6 heteroatoms. The van der Waals surface area contributed by atoms with Gasteiger partial charge in [0.2, 0.25) is 10.0 Å². The molecule has 1 aromatic carbocycles. The molecule has 118 valence electrons. The van der Waals surface area contributed by atoms with Crippen molar-refractivity contribution >= 4 is 27.5 Å². The number of nitrogens with two attached hydrogens (primary N) is 1. The number of nitrogens with one attached hydrogen (secondary N) is 1. The van der Waals surface area contributed by atoms with Crippen LogP contribution in [-0.4, -0.2) is 26.5 Å². The maximum atomic E-state index is 12.0. The fourth-order valence-electron chi connectivity index (χ4n) is 2.66. The molecular formula is C15H24N2O2S2. The van der Waals surface area contributed by atoms with Gasteiger partial charge in [-0.2, -0.15) is 0 Å². The van der Waals surface area contributed by atoms with Crippen LogP contribution in [0.5, 0.6) is 0 Å². The van der Waals surface area contributed by atoms with Gasteiger partial charge in [0.25, 0.3) is 0 Å². The molecule has 1 aromatic rings. The molecule has 2 atom stereocenters. The fourth-order valence-corrected chi connectivity index (χ4v) is 5.07. The fraction of sp³-hybridized carbons (Fsp3) is 0.600. The smallest absolute Gasteiger partial charge is 0.212 e. The molecule has 0 aromatic heterocycles. The molecule has 1 saturated carbocycles. The van der Waals surface area contributed by atoms with Crippen LogP contribution < -0.4 is 10.5 Å². The van der Waals surface area contributed by atoms with Crippen LogP contribution >= 0.6 is 11.8 Å². The van der Waals surface area contributed by atoms with Crippen LogP contribution in [0.15, 0.2) is 29.2 Å². The van der Waals surface area contributed by atoms with E-state index in [9.17, 15) is 8.42 Å². The van der Waals surface area contributed by atoms with Crippen LogP contribution in [-0.2, 0) is 10.0 Å². The first-order valence-electron chi connectivity index (χ1n) is 7.40. The van der Waals surface area contributed by atoms with Crippen LogP contribution in [0, 0.1) is 11.8 Å². The highest BCUT2D eigenvalue weighted by molar-refractivity contribution is 8.00. The van der Waals surface area contributed by atoms with Gasteiger partial charge < -0.3 is 5.73 Å². The van der Waals surface area contributed by atoms with E-state index < -0.39 is 10.0 Å². The molecule has 3 N–H and O–H groups in total. The van der Waals surface area contributed by atoms with E-state index in [1.54, 1.807) is 0 Å². The van der Waals surface area contributed by atoms with E-state index in [0.29, 0.717) is 18.2 Å². The first-order valence-corrected chi connectivity index (χ1v) is 10.0. The van der Waals surface area contributed by atoms with E-state index in [1.165, 1.54) is 18.2 Å². The molecular weight excluding hydrogens is 304 g/mol. The third-order valence-electron chi connectivity index (χ3n) is 3.90. The van der Waals surface area contributed by atoms with Crippen molar-refractivity contribution in [3.8, 4) is 0 Å². The van der Waals surface area contributed by atoms with E-state index in [-0.39, 0.29) is 5.75 Å². The lowest BCUT2D eigenvalue weighted by Gasteiger charge is -2.11. The summed E-state index contributed by atoms with van der Waals surface area (Å²) >= 11 is 1.54. The highest BCUT2D eigenvalue weighted by Gasteiger charge is 2.22. The van der Waals surface area contributed by atoms with Crippen LogP contribution in [0.3, 0.4) is 0 Å². The zero-order valence-electron chi connectivity index (χ0n) is 12.4. The van der Waals surface area contributed by atoms with Gasteiger partial charge in [-0.1, -0.05) is 13.3 Å². The van der Waals surface area contributed by atoms with Crippen molar-refractivity contribution in [2.75, 3.05) is 23.8 Å². The summed E-state index contributed by atoms with van der Waals surface area (Å²) in [5.74, 6) is 1.96. The summed E-state index contributed by atoms with van der Waals surface area (Å²) in [6, 6.07) is 7.49. The van der Waals surface area contributed by atoms with Gasteiger partial charge in [-0.25, -0.2) is 13.1 Å². The predicted octanol–water partition coefficient (Wildman–Crippen LogP) is 2.72. The lowest BCUT2D eigenvalue weighted by molar-refractivity contribution is 0.499. The quantitative estimate of drug-likeness (QED) is 0.596. The van der Waals surface area contributed by atoms with Crippen molar-refractivity contribution in [1.29, 1.82) is 0 Å². The second-order valence-corrected chi connectivity index (χ2v) is 8.96. The standard InChI is InChI=1S/C15H24N2O2S2/c1-12-2-3-13(10-12)11-17-21(18,19)9-8-20-15-6-4-14(16)5-7-15/h4-7,12-13,17H,2-3,8-11,16H2,1H3. The number of anilines is 1. The Morgan fingerprint density at radius 3 is 2.62 bits per heavy atom. The van der Waals surface area contributed by atoms with Crippen LogP contribution in [0.2, 0.25) is 0 Å². The van der Waals surface area contributed by atoms with Gasteiger partial charge in [0.05, 0.1) is 5.75 Å². The molecule has 0 amide bonds. The van der Waals surface area contributed by atoms with Gasteiger partial charge in [-0.3, -0.25) is 0 Å². The second-order valence-electron chi connectivity index (χ2n) is 5.87. The normalized spacial score (nSPS) is 22.5. The Kier molecular flexibility index (Phi) is 5.96. The third-order valence-corrected chi connectivity index (χ3v) is 6.52. The zero-order chi connectivity index (χ0) is 15.3. The van der Waals surface area contributed by atoms with Crippen molar-refractivity contribution in [1.82, 2.24) is 4.72 Å². The molecule has 1 aliphatic carbocycles. The van der Waals surface area contributed by atoms with Crippen molar-refractivity contribution < 1.29 is 8.42 Å². The van der Waals surface area contributed by atoms with Gasteiger partial charge in [0.1, 0.15) is 0 Å². The zero-order valence-corrected chi connectivity index (χ0v) is 14.1. The summed E-state index contributed by atoms with van der Waals surface area (Å²) in [6.45, 7) is 2.83. The minimum atomic E-state index is -3.16. The van der Waals surface area contributed by atoms with Crippen LogP contribution in [0.25, 0.3) is 0 Å². The Bertz CT molecular complexity index is 543. The SMILES string of the molecule is CC1CCC(CNS(=O)(=O)CCSc2ccc(N)cc2)C1. The molecule has 0 heterocycles. The molecule has 1 aliphatic rings. The summed E-state index contributed by atoms with van der Waals surface area (Å²) < 4.78 is 26.7. The van der Waals surface area contributed by atoms with Gasteiger partial charge in [-0.05, 0) is 48.9 Å². The highest BCUT2D eigenvalue weighted by Crippen LogP contribution is 2.29. The number of hydrogen-bond donors (Lipinski definition) is 2. The van der Waals surface area contributed by atoms with E-state index in [4.69, 9.17) is 5.73 Å². The number of benzene rings is 1. The van der Waals surface area contributed by atoms with Gasteiger partial charge in [0, 0.05) is 22.9 Å². The van der Waals surface area contributed by atoms with Crippen LogP contribution in [0.4, 0.5) is 5.69 Å². The summed E-state index contributed by atoms with van der Waals surface area (Å²) in [5, 5.41) is 0. The van der Waals surface area contributed by atoms with Crippen molar-refractivity contribution in [3.63, 3.8) is 0 Å². The molecule has 2 unspecified atom stereocenters. The number of hydrogen-bond acceptors (Lipinski definition) is 4. The van der Waals surface area contributed by atoms with E-state index in [2.05, 4.69) is 11.6 Å². The third kappa shape index (κ3) is 5.88. The number of nitrogen functional groups attached to an aromatic ring is 1. The maximum absolute atomic E-state index is 12.0. The van der Waals surface area contributed by atoms with E-state index >= 15 is 0 Å². The lowest BCUT2D eigenvalue weighted by Crippen LogP contribution is -2.31. The minimum absolute atomic E-state index is 0.157. The summed E-state index contributed by atoms with van der Waals surface area (Å²) in [4.78, 5) is 1.05. The summed E-state index contributed by atoms with van der Waals surface area (Å²) in [7, 11) is -3.16. The van der Waals surface area contributed by atoms with Crippen molar-refractivity contribution in [2.24, 2.45) is 11.8 Å². The highest BCUT2D eigenvalue weighted by atomic mass is 32.2. The monoisotopic (exact) mass is 328 g/mol. The maximum Gasteiger partial charge on any atom is 0.212 e. The van der Waals surface area contributed by atoms with Gasteiger partial charge in [-0.15, -0.1) is 11.8 Å². The average molecular weight is 329 g/mol. The Morgan fingerprint density at radius 2 is 2.00 bits per heavy atom. The number of rotatable bonds is 7. The Labute approximate surface area is 131 Å². The predicted molar refractivity (Wildman–Crippen MR) is 89.9 cm³/mol. The molecule has 21 heavy (non-hydrogen) atoms. The van der Waals surface area contributed by atoms with Crippen LogP contribution in [0.1, 0.15) is 26.2 Å². The molecule has 2 rings (SSSR count). The number of thioether (sulfide) groups is 1. The summed E-state index contributed by atoms with van der Waals surface area (Å²) in [6.07, 6.45) is 3.51. The minimum Gasteiger partial charge on any atom is -0.399 e. The molecule has 4 nitrogen and oxygen atoms in total. The molecule has 0 saturated heterocycles. The molecule has 0 radical (unpaired) electrons. The van der Waals surface area contributed by atoms with Gasteiger partial charge >= 0.3 is 0 Å². The topological polar surface area (TPSA) is 72.2 Å². The van der Waals surface area contributed by atoms with E-state index in [0.717, 1.165) is 29.3 Å².